The van der Waals surface area contributed by atoms with Crippen molar-refractivity contribution in [3.63, 3.8) is 0 Å². The Balaban J connectivity index is 2.11. The molecule has 0 radical (unpaired) electrons. The Morgan fingerprint density at radius 3 is 2.58 bits per heavy atom. The van der Waals surface area contributed by atoms with Gasteiger partial charge in [0.2, 0.25) is 0 Å². The van der Waals surface area contributed by atoms with Crippen LogP contribution in [0.2, 0.25) is 0 Å². The molecular weight excluding hydrogens is 150 g/mol. The molecule has 0 saturated heterocycles. The van der Waals surface area contributed by atoms with Gasteiger partial charge in [-0.2, -0.15) is 0 Å². The molecular formula is C10H21NO. The van der Waals surface area contributed by atoms with E-state index >= 15 is 0 Å². The van der Waals surface area contributed by atoms with E-state index in [9.17, 15) is 0 Å². The second kappa shape index (κ2) is 5.55. The Hall–Kier alpha value is -0.0800. The summed E-state index contributed by atoms with van der Waals surface area (Å²) < 4.78 is 5.02. The zero-order chi connectivity index (χ0) is 8.81. The third kappa shape index (κ3) is 3.55. The maximum Gasteiger partial charge on any atom is 0.0613 e. The Bertz CT molecular complexity index is 110. The molecule has 1 fully saturated rings. The molecule has 2 N–H and O–H groups in total. The molecule has 0 amide bonds. The normalized spacial score (nSPS) is 22.5. The molecule has 0 aromatic carbocycles. The van der Waals surface area contributed by atoms with E-state index in [4.69, 9.17) is 10.5 Å². The fourth-order valence-corrected chi connectivity index (χ4v) is 2.13. The van der Waals surface area contributed by atoms with Gasteiger partial charge in [0.25, 0.3) is 0 Å². The third-order valence-corrected chi connectivity index (χ3v) is 2.74. The lowest BCUT2D eigenvalue weighted by atomic mass is 9.85. The van der Waals surface area contributed by atoms with E-state index in [1.54, 1.807) is 7.11 Å². The van der Waals surface area contributed by atoms with Crippen molar-refractivity contribution >= 4 is 0 Å². The van der Waals surface area contributed by atoms with Crippen molar-refractivity contribution in [1.29, 1.82) is 0 Å². The van der Waals surface area contributed by atoms with Crippen molar-refractivity contribution in [3.8, 4) is 0 Å². The van der Waals surface area contributed by atoms with E-state index in [1.165, 1.54) is 32.1 Å². The van der Waals surface area contributed by atoms with Crippen LogP contribution in [0.3, 0.4) is 0 Å². The van der Waals surface area contributed by atoms with E-state index in [0.29, 0.717) is 0 Å². The summed E-state index contributed by atoms with van der Waals surface area (Å²) in [4.78, 5) is 0. The molecule has 0 spiro atoms. The van der Waals surface area contributed by atoms with Gasteiger partial charge in [-0.25, -0.2) is 0 Å². The summed E-state index contributed by atoms with van der Waals surface area (Å²) in [6, 6.07) is 0.262. The maximum atomic E-state index is 5.89. The molecule has 1 aliphatic rings. The van der Waals surface area contributed by atoms with Crippen LogP contribution in [-0.4, -0.2) is 19.8 Å². The monoisotopic (exact) mass is 171 g/mol. The third-order valence-electron chi connectivity index (χ3n) is 2.74. The van der Waals surface area contributed by atoms with Gasteiger partial charge in [-0.3, -0.25) is 0 Å². The van der Waals surface area contributed by atoms with Gasteiger partial charge in [0.15, 0.2) is 0 Å². The lowest BCUT2D eigenvalue weighted by Crippen LogP contribution is -2.29. The predicted molar refractivity (Wildman–Crippen MR) is 51.0 cm³/mol. The minimum absolute atomic E-state index is 0.262. The number of hydrogen-bond donors (Lipinski definition) is 1. The quantitative estimate of drug-likeness (QED) is 0.701. The topological polar surface area (TPSA) is 35.2 Å². The van der Waals surface area contributed by atoms with Crippen LogP contribution in [0, 0.1) is 5.92 Å². The van der Waals surface area contributed by atoms with Crippen LogP contribution in [0.15, 0.2) is 0 Å². The SMILES string of the molecule is COC[C@H](N)CC1CCCCC1. The standard InChI is InChI=1S/C10H21NO/c1-12-8-10(11)7-9-5-3-2-4-6-9/h9-10H,2-8,11H2,1H3/t10-/m1/s1. The first-order valence-corrected chi connectivity index (χ1v) is 5.07. The average Bonchev–Trinajstić information content (AvgIpc) is 2.06. The van der Waals surface area contributed by atoms with E-state index in [2.05, 4.69) is 0 Å². The Kier molecular flexibility index (Phi) is 4.62. The summed E-state index contributed by atoms with van der Waals surface area (Å²) >= 11 is 0. The maximum absolute atomic E-state index is 5.89. The molecule has 0 aliphatic heterocycles. The summed E-state index contributed by atoms with van der Waals surface area (Å²) in [7, 11) is 1.72. The Morgan fingerprint density at radius 1 is 1.33 bits per heavy atom. The fraction of sp³-hybridized carbons (Fsp3) is 1.00. The molecule has 0 aromatic heterocycles. The molecule has 0 unspecified atom stereocenters. The first-order valence-electron chi connectivity index (χ1n) is 5.07. The highest BCUT2D eigenvalue weighted by molar-refractivity contribution is 4.71. The van der Waals surface area contributed by atoms with Crippen LogP contribution in [0.4, 0.5) is 0 Å². The molecule has 12 heavy (non-hydrogen) atoms. The second-order valence-corrected chi connectivity index (χ2v) is 3.96. The van der Waals surface area contributed by atoms with Crippen LogP contribution >= 0.6 is 0 Å². The smallest absolute Gasteiger partial charge is 0.0613 e. The van der Waals surface area contributed by atoms with E-state index < -0.39 is 0 Å². The van der Waals surface area contributed by atoms with Crippen molar-refractivity contribution in [2.75, 3.05) is 13.7 Å². The number of hydrogen-bond acceptors (Lipinski definition) is 2. The zero-order valence-corrected chi connectivity index (χ0v) is 8.09. The molecule has 0 bridgehead atoms. The predicted octanol–water partition coefficient (Wildman–Crippen LogP) is 1.93. The Morgan fingerprint density at radius 2 is 2.00 bits per heavy atom. The number of ether oxygens (including phenoxy) is 1. The van der Waals surface area contributed by atoms with Crippen LogP contribution < -0.4 is 5.73 Å². The lowest BCUT2D eigenvalue weighted by molar-refractivity contribution is 0.164. The van der Waals surface area contributed by atoms with Gasteiger partial charge in [-0.15, -0.1) is 0 Å². The number of rotatable bonds is 4. The van der Waals surface area contributed by atoms with Crippen molar-refractivity contribution in [2.24, 2.45) is 11.7 Å². The molecule has 2 heteroatoms. The van der Waals surface area contributed by atoms with Crippen molar-refractivity contribution in [1.82, 2.24) is 0 Å². The summed E-state index contributed by atoms with van der Waals surface area (Å²) in [6.45, 7) is 0.719. The minimum atomic E-state index is 0.262. The van der Waals surface area contributed by atoms with Crippen LogP contribution in [0.25, 0.3) is 0 Å². The van der Waals surface area contributed by atoms with Gasteiger partial charge < -0.3 is 10.5 Å². The number of methoxy groups -OCH3 is 1. The van der Waals surface area contributed by atoms with Gasteiger partial charge in [0, 0.05) is 13.2 Å². The number of nitrogens with two attached hydrogens (primary N) is 1. The molecule has 1 rings (SSSR count). The zero-order valence-electron chi connectivity index (χ0n) is 8.09. The van der Waals surface area contributed by atoms with Crippen LogP contribution in [0.1, 0.15) is 38.5 Å². The molecule has 2 nitrogen and oxygen atoms in total. The summed E-state index contributed by atoms with van der Waals surface area (Å²) in [5.41, 5.74) is 5.89. The molecule has 1 saturated carbocycles. The average molecular weight is 171 g/mol. The van der Waals surface area contributed by atoms with E-state index in [0.717, 1.165) is 18.9 Å². The summed E-state index contributed by atoms with van der Waals surface area (Å²) in [5.74, 6) is 0.879. The van der Waals surface area contributed by atoms with Gasteiger partial charge in [-0.1, -0.05) is 32.1 Å². The summed E-state index contributed by atoms with van der Waals surface area (Å²) in [5, 5.41) is 0. The molecule has 0 heterocycles. The molecule has 1 aliphatic carbocycles. The summed E-state index contributed by atoms with van der Waals surface area (Å²) in [6.07, 6.45) is 8.17. The lowest BCUT2D eigenvalue weighted by Gasteiger charge is -2.24. The van der Waals surface area contributed by atoms with Crippen LogP contribution in [0.5, 0.6) is 0 Å². The van der Waals surface area contributed by atoms with Gasteiger partial charge in [0.1, 0.15) is 0 Å². The fourth-order valence-electron chi connectivity index (χ4n) is 2.13. The van der Waals surface area contributed by atoms with E-state index in [-0.39, 0.29) is 6.04 Å². The second-order valence-electron chi connectivity index (χ2n) is 3.96. The minimum Gasteiger partial charge on any atom is -0.383 e. The Labute approximate surface area is 75.5 Å². The first-order chi connectivity index (χ1) is 5.83. The highest BCUT2D eigenvalue weighted by atomic mass is 16.5. The highest BCUT2D eigenvalue weighted by Gasteiger charge is 2.16. The molecule has 0 aromatic rings. The van der Waals surface area contributed by atoms with Crippen molar-refractivity contribution < 1.29 is 4.74 Å². The largest absolute Gasteiger partial charge is 0.383 e. The van der Waals surface area contributed by atoms with Gasteiger partial charge >= 0.3 is 0 Å². The molecule has 1 atom stereocenters. The first kappa shape index (κ1) is 10.0. The van der Waals surface area contributed by atoms with Crippen molar-refractivity contribution in [2.45, 2.75) is 44.6 Å². The van der Waals surface area contributed by atoms with E-state index in [1.807, 2.05) is 0 Å². The highest BCUT2D eigenvalue weighted by Crippen LogP contribution is 2.26. The van der Waals surface area contributed by atoms with Crippen LogP contribution in [-0.2, 0) is 4.74 Å². The molecule has 72 valence electrons. The van der Waals surface area contributed by atoms with Gasteiger partial charge in [-0.05, 0) is 12.3 Å². The van der Waals surface area contributed by atoms with Gasteiger partial charge in [0.05, 0.1) is 6.61 Å². The van der Waals surface area contributed by atoms with Crippen molar-refractivity contribution in [3.05, 3.63) is 0 Å².